The van der Waals surface area contributed by atoms with Crippen LogP contribution in [0.15, 0.2) is 0 Å². The highest BCUT2D eigenvalue weighted by molar-refractivity contribution is 5.81. The maximum absolute atomic E-state index is 11.9. The van der Waals surface area contributed by atoms with Gasteiger partial charge in [-0.05, 0) is 19.8 Å². The Labute approximate surface area is 96.9 Å². The third-order valence-electron chi connectivity index (χ3n) is 2.77. The van der Waals surface area contributed by atoms with E-state index in [1.165, 1.54) is 0 Å². The summed E-state index contributed by atoms with van der Waals surface area (Å²) >= 11 is 0. The first-order valence-electron chi connectivity index (χ1n) is 5.69. The second-order valence-electron chi connectivity index (χ2n) is 4.45. The summed E-state index contributed by atoms with van der Waals surface area (Å²) in [4.78, 5) is 13.6. The number of likely N-dealkylation sites (N-methyl/N-ethyl adjacent to an activating group) is 1. The average molecular weight is 230 g/mol. The summed E-state index contributed by atoms with van der Waals surface area (Å²) in [5.74, 6) is 0.0240. The number of nitrogens with two attached hydrogens (primary N) is 1. The van der Waals surface area contributed by atoms with E-state index >= 15 is 0 Å². The fourth-order valence-electron chi connectivity index (χ4n) is 1.94. The van der Waals surface area contributed by atoms with Gasteiger partial charge in [0.15, 0.2) is 0 Å². The summed E-state index contributed by atoms with van der Waals surface area (Å²) in [6.07, 6.45) is 1.67. The van der Waals surface area contributed by atoms with E-state index in [0.29, 0.717) is 13.2 Å². The molecule has 1 saturated heterocycles. The topological polar surface area (TPSA) is 64.8 Å². The number of hydrogen-bond donors (Lipinski definition) is 1. The van der Waals surface area contributed by atoms with Gasteiger partial charge in [0.2, 0.25) is 0 Å². The molecule has 16 heavy (non-hydrogen) atoms. The molecular formula is C11H22N2O3. The van der Waals surface area contributed by atoms with E-state index in [-0.39, 0.29) is 24.2 Å². The van der Waals surface area contributed by atoms with Crippen LogP contribution in [0.2, 0.25) is 0 Å². The molecule has 94 valence electrons. The minimum absolute atomic E-state index is 0.0240. The molecule has 0 radical (unpaired) electrons. The quantitative estimate of drug-likeness (QED) is 0.721. The van der Waals surface area contributed by atoms with E-state index in [1.54, 1.807) is 19.1 Å². The fraction of sp³-hybridized carbons (Fsp3) is 0.909. The van der Waals surface area contributed by atoms with Crippen LogP contribution in [0.3, 0.4) is 0 Å². The summed E-state index contributed by atoms with van der Waals surface area (Å²) in [5.41, 5.74) is 5.79. The predicted molar refractivity (Wildman–Crippen MR) is 61.1 cm³/mol. The Hall–Kier alpha value is -0.650. The molecule has 3 unspecified atom stereocenters. The molecule has 5 nitrogen and oxygen atoms in total. The smallest absolute Gasteiger partial charge is 0.251 e. The Morgan fingerprint density at radius 3 is 2.81 bits per heavy atom. The Kier molecular flexibility index (Phi) is 5.18. The second kappa shape index (κ2) is 6.18. The standard InChI is InChI=1S/C11H22N2O3/c1-8-4-5-10(16-8)11(14)13(2)6-9(12)7-15-3/h8-10H,4-7,12H2,1-3H3. The monoisotopic (exact) mass is 230 g/mol. The van der Waals surface area contributed by atoms with Crippen molar-refractivity contribution in [2.75, 3.05) is 27.3 Å². The number of amides is 1. The lowest BCUT2D eigenvalue weighted by atomic mass is 10.2. The van der Waals surface area contributed by atoms with E-state index in [1.807, 2.05) is 6.92 Å². The summed E-state index contributed by atoms with van der Waals surface area (Å²) in [6.45, 7) is 2.95. The highest BCUT2D eigenvalue weighted by Crippen LogP contribution is 2.20. The minimum Gasteiger partial charge on any atom is -0.383 e. The van der Waals surface area contributed by atoms with Crippen LogP contribution in [0.25, 0.3) is 0 Å². The molecule has 1 aliphatic rings. The van der Waals surface area contributed by atoms with Crippen molar-refractivity contribution in [3.05, 3.63) is 0 Å². The number of carbonyl (C=O) groups excluding carboxylic acids is 1. The molecule has 3 atom stereocenters. The molecule has 1 aliphatic heterocycles. The van der Waals surface area contributed by atoms with Gasteiger partial charge >= 0.3 is 0 Å². The first-order valence-corrected chi connectivity index (χ1v) is 5.69. The zero-order valence-electron chi connectivity index (χ0n) is 10.3. The van der Waals surface area contributed by atoms with Crippen LogP contribution >= 0.6 is 0 Å². The average Bonchev–Trinajstić information content (AvgIpc) is 2.64. The van der Waals surface area contributed by atoms with Gasteiger partial charge in [-0.25, -0.2) is 0 Å². The molecule has 0 bridgehead atoms. The molecule has 0 saturated carbocycles. The third-order valence-corrected chi connectivity index (χ3v) is 2.77. The van der Waals surface area contributed by atoms with Crippen molar-refractivity contribution in [3.8, 4) is 0 Å². The van der Waals surface area contributed by atoms with Gasteiger partial charge in [-0.3, -0.25) is 4.79 Å². The van der Waals surface area contributed by atoms with Gasteiger partial charge in [-0.1, -0.05) is 0 Å². The molecule has 1 amide bonds. The normalized spacial score (nSPS) is 26.8. The van der Waals surface area contributed by atoms with Crippen molar-refractivity contribution in [2.24, 2.45) is 5.73 Å². The summed E-state index contributed by atoms with van der Waals surface area (Å²) in [7, 11) is 3.35. The van der Waals surface area contributed by atoms with Crippen LogP contribution in [-0.4, -0.2) is 56.4 Å². The molecule has 5 heteroatoms. The Morgan fingerprint density at radius 1 is 1.62 bits per heavy atom. The van der Waals surface area contributed by atoms with Crippen molar-refractivity contribution >= 4 is 5.91 Å². The maximum Gasteiger partial charge on any atom is 0.251 e. The van der Waals surface area contributed by atoms with Crippen molar-refractivity contribution in [1.29, 1.82) is 0 Å². The lowest BCUT2D eigenvalue weighted by Crippen LogP contribution is -2.44. The highest BCUT2D eigenvalue weighted by atomic mass is 16.5. The van der Waals surface area contributed by atoms with Crippen LogP contribution in [0, 0.1) is 0 Å². The van der Waals surface area contributed by atoms with E-state index in [4.69, 9.17) is 15.2 Å². The van der Waals surface area contributed by atoms with Gasteiger partial charge in [0.25, 0.3) is 5.91 Å². The lowest BCUT2D eigenvalue weighted by molar-refractivity contribution is -0.141. The number of ether oxygens (including phenoxy) is 2. The zero-order valence-corrected chi connectivity index (χ0v) is 10.3. The van der Waals surface area contributed by atoms with Gasteiger partial charge in [-0.2, -0.15) is 0 Å². The number of nitrogens with zero attached hydrogens (tertiary/aromatic N) is 1. The molecule has 0 aliphatic carbocycles. The van der Waals surface area contributed by atoms with E-state index in [9.17, 15) is 4.79 Å². The lowest BCUT2D eigenvalue weighted by Gasteiger charge is -2.23. The van der Waals surface area contributed by atoms with Crippen LogP contribution < -0.4 is 5.73 Å². The van der Waals surface area contributed by atoms with Crippen molar-refractivity contribution in [2.45, 2.75) is 38.0 Å². The van der Waals surface area contributed by atoms with Crippen LogP contribution in [0.5, 0.6) is 0 Å². The van der Waals surface area contributed by atoms with Crippen LogP contribution in [0.1, 0.15) is 19.8 Å². The summed E-state index contributed by atoms with van der Waals surface area (Å²) in [6, 6.07) is -0.141. The highest BCUT2D eigenvalue weighted by Gasteiger charge is 2.30. The van der Waals surface area contributed by atoms with Gasteiger partial charge < -0.3 is 20.1 Å². The van der Waals surface area contributed by atoms with E-state index in [2.05, 4.69) is 0 Å². The maximum atomic E-state index is 11.9. The Morgan fingerprint density at radius 2 is 2.31 bits per heavy atom. The van der Waals surface area contributed by atoms with Gasteiger partial charge in [0.05, 0.1) is 12.7 Å². The van der Waals surface area contributed by atoms with E-state index < -0.39 is 0 Å². The first-order chi connectivity index (χ1) is 7.54. The van der Waals surface area contributed by atoms with E-state index in [0.717, 1.165) is 12.8 Å². The van der Waals surface area contributed by atoms with Crippen LogP contribution in [0.4, 0.5) is 0 Å². The molecule has 1 fully saturated rings. The Balaban J connectivity index is 2.35. The summed E-state index contributed by atoms with van der Waals surface area (Å²) < 4.78 is 10.5. The number of methoxy groups -OCH3 is 1. The number of rotatable bonds is 5. The molecule has 2 N–H and O–H groups in total. The minimum atomic E-state index is -0.283. The first kappa shape index (κ1) is 13.4. The SMILES string of the molecule is COCC(N)CN(C)C(=O)C1CCC(C)O1. The molecule has 0 aromatic carbocycles. The zero-order chi connectivity index (χ0) is 12.1. The molecule has 0 aromatic rings. The molecule has 0 spiro atoms. The van der Waals surface area contributed by atoms with Crippen molar-refractivity contribution in [3.63, 3.8) is 0 Å². The predicted octanol–water partition coefficient (Wildman–Crippen LogP) is -0.0140. The number of carbonyl (C=O) groups is 1. The van der Waals surface area contributed by atoms with Gasteiger partial charge in [0.1, 0.15) is 6.10 Å². The Bertz CT molecular complexity index is 235. The second-order valence-corrected chi connectivity index (χ2v) is 4.45. The van der Waals surface area contributed by atoms with Crippen LogP contribution in [-0.2, 0) is 14.3 Å². The fourth-order valence-corrected chi connectivity index (χ4v) is 1.94. The van der Waals surface area contributed by atoms with Gasteiger partial charge in [-0.15, -0.1) is 0 Å². The molecule has 1 heterocycles. The summed E-state index contributed by atoms with van der Waals surface area (Å²) in [5, 5.41) is 0. The molecule has 1 rings (SSSR count). The largest absolute Gasteiger partial charge is 0.383 e. The molecule has 0 aromatic heterocycles. The molecular weight excluding hydrogens is 208 g/mol. The number of hydrogen-bond acceptors (Lipinski definition) is 4. The third kappa shape index (κ3) is 3.73. The van der Waals surface area contributed by atoms with Gasteiger partial charge in [0, 0.05) is 26.7 Å². The van der Waals surface area contributed by atoms with Crippen molar-refractivity contribution in [1.82, 2.24) is 4.90 Å². The van der Waals surface area contributed by atoms with Crippen molar-refractivity contribution < 1.29 is 14.3 Å².